The molecule has 0 aliphatic heterocycles. The van der Waals surface area contributed by atoms with Crippen molar-refractivity contribution < 1.29 is 44.9 Å². The molecular weight excluding hydrogens is 276 g/mol. The maximum Gasteiger partial charge on any atom is 0.443 e. The van der Waals surface area contributed by atoms with Gasteiger partial charge >= 0.3 is 33.2 Å². The summed E-state index contributed by atoms with van der Waals surface area (Å²) < 4.78 is 81.5. The fraction of sp³-hybridized carbons (Fsp3) is 0.667. The van der Waals surface area contributed by atoms with E-state index in [0.717, 1.165) is 6.92 Å². The summed E-state index contributed by atoms with van der Waals surface area (Å²) in [5.41, 5.74) is 0. The molecule has 0 aliphatic rings. The number of alkyl halides is 4. The standard InChI is InChI=1S/C6H6F4O6S/c1-2-3(11)16-4(12)5(7,8)6(9,10)17(13,14)15/h2H2,1H3,(H,13,14,15). The number of halogens is 4. The molecule has 0 aromatic carbocycles. The molecular formula is C6H6F4O6S. The molecule has 11 heteroatoms. The van der Waals surface area contributed by atoms with Gasteiger partial charge in [-0.1, -0.05) is 6.92 Å². The monoisotopic (exact) mass is 282 g/mol. The van der Waals surface area contributed by atoms with Gasteiger partial charge in [-0.15, -0.1) is 0 Å². The maximum absolute atomic E-state index is 12.7. The van der Waals surface area contributed by atoms with E-state index in [9.17, 15) is 35.6 Å². The molecule has 0 radical (unpaired) electrons. The zero-order valence-corrected chi connectivity index (χ0v) is 8.93. The highest BCUT2D eigenvalue weighted by molar-refractivity contribution is 7.87. The third-order valence-corrected chi connectivity index (χ3v) is 2.35. The molecule has 0 amide bonds. The van der Waals surface area contributed by atoms with Gasteiger partial charge in [0.15, 0.2) is 0 Å². The zero-order valence-electron chi connectivity index (χ0n) is 8.12. The number of carbonyl (C=O) groups excluding carboxylic acids is 2. The minimum Gasteiger partial charge on any atom is -0.388 e. The second-order valence-corrected chi connectivity index (χ2v) is 4.14. The summed E-state index contributed by atoms with van der Waals surface area (Å²) in [7, 11) is -6.54. The van der Waals surface area contributed by atoms with Crippen molar-refractivity contribution in [3.63, 3.8) is 0 Å². The van der Waals surface area contributed by atoms with Crippen LogP contribution in [0.15, 0.2) is 0 Å². The molecule has 0 aromatic heterocycles. The molecule has 0 aromatic rings. The summed E-state index contributed by atoms with van der Waals surface area (Å²) in [6, 6.07) is 0. The van der Waals surface area contributed by atoms with E-state index in [4.69, 9.17) is 4.55 Å². The van der Waals surface area contributed by atoms with Gasteiger partial charge in [0, 0.05) is 6.42 Å². The molecule has 0 saturated heterocycles. The average Bonchev–Trinajstić information content (AvgIpc) is 2.15. The fourth-order valence-corrected chi connectivity index (χ4v) is 0.928. The Bertz CT molecular complexity index is 428. The number of carbonyl (C=O) groups is 2. The first-order chi connectivity index (χ1) is 7.38. The van der Waals surface area contributed by atoms with Gasteiger partial charge in [0.1, 0.15) is 0 Å². The normalized spacial score (nSPS) is 13.3. The van der Waals surface area contributed by atoms with Crippen molar-refractivity contribution in [2.45, 2.75) is 24.5 Å². The van der Waals surface area contributed by atoms with Crippen LogP contribution in [0.25, 0.3) is 0 Å². The predicted octanol–water partition coefficient (Wildman–Crippen LogP) is 0.582. The van der Waals surface area contributed by atoms with E-state index in [0.29, 0.717) is 0 Å². The van der Waals surface area contributed by atoms with Crippen molar-refractivity contribution in [3.8, 4) is 0 Å². The second kappa shape index (κ2) is 4.56. The number of ether oxygens (including phenoxy) is 1. The summed E-state index contributed by atoms with van der Waals surface area (Å²) in [5.74, 6) is -10.5. The Kier molecular flexibility index (Phi) is 4.23. The third-order valence-electron chi connectivity index (χ3n) is 1.44. The molecule has 0 rings (SSSR count). The predicted molar refractivity (Wildman–Crippen MR) is 42.8 cm³/mol. The Labute approximate surface area is 92.3 Å². The number of hydrogen-bond donors (Lipinski definition) is 1. The SMILES string of the molecule is CCC(=O)OC(=O)C(F)(F)C(F)(F)S(=O)(=O)O. The summed E-state index contributed by atoms with van der Waals surface area (Å²) >= 11 is 0. The molecule has 0 bridgehead atoms. The van der Waals surface area contributed by atoms with Gasteiger partial charge < -0.3 is 4.74 Å². The van der Waals surface area contributed by atoms with Crippen molar-refractivity contribution in [1.82, 2.24) is 0 Å². The molecule has 0 fully saturated rings. The van der Waals surface area contributed by atoms with Crippen LogP contribution in [0.2, 0.25) is 0 Å². The summed E-state index contributed by atoms with van der Waals surface area (Å²) in [6.07, 6.45) is -0.570. The van der Waals surface area contributed by atoms with Crippen LogP contribution in [0, 0.1) is 0 Å². The van der Waals surface area contributed by atoms with Crippen LogP contribution < -0.4 is 0 Å². The Hall–Kier alpha value is -1.23. The summed E-state index contributed by atoms with van der Waals surface area (Å²) in [4.78, 5) is 20.9. The van der Waals surface area contributed by atoms with E-state index < -0.39 is 39.7 Å². The number of esters is 2. The molecule has 0 heterocycles. The Morgan fingerprint density at radius 3 is 1.94 bits per heavy atom. The van der Waals surface area contributed by atoms with Gasteiger partial charge in [0.2, 0.25) is 0 Å². The van der Waals surface area contributed by atoms with Crippen molar-refractivity contribution in [3.05, 3.63) is 0 Å². The lowest BCUT2D eigenvalue weighted by atomic mass is 10.3. The van der Waals surface area contributed by atoms with E-state index in [2.05, 4.69) is 4.74 Å². The number of hydrogen-bond acceptors (Lipinski definition) is 5. The van der Waals surface area contributed by atoms with E-state index in [1.165, 1.54) is 0 Å². The second-order valence-electron chi connectivity index (χ2n) is 2.68. The van der Waals surface area contributed by atoms with E-state index >= 15 is 0 Å². The first-order valence-corrected chi connectivity index (χ1v) is 5.29. The lowest BCUT2D eigenvalue weighted by molar-refractivity contribution is -0.206. The highest BCUT2D eigenvalue weighted by Gasteiger charge is 2.71. The molecule has 0 unspecified atom stereocenters. The average molecular weight is 282 g/mol. The first kappa shape index (κ1) is 15.8. The van der Waals surface area contributed by atoms with Crippen molar-refractivity contribution in [2.24, 2.45) is 0 Å². The highest BCUT2D eigenvalue weighted by atomic mass is 32.2. The largest absolute Gasteiger partial charge is 0.443 e. The summed E-state index contributed by atoms with van der Waals surface area (Å²) in [5, 5.41) is -6.09. The molecule has 0 atom stereocenters. The van der Waals surface area contributed by atoms with E-state index in [1.54, 1.807) is 0 Å². The topological polar surface area (TPSA) is 97.7 Å². The van der Waals surface area contributed by atoms with E-state index in [-0.39, 0.29) is 0 Å². The van der Waals surface area contributed by atoms with Gasteiger partial charge in [-0.3, -0.25) is 9.35 Å². The van der Waals surface area contributed by atoms with Crippen molar-refractivity contribution in [1.29, 1.82) is 0 Å². The molecule has 100 valence electrons. The fourth-order valence-electron chi connectivity index (χ4n) is 0.520. The smallest absolute Gasteiger partial charge is 0.388 e. The van der Waals surface area contributed by atoms with Crippen LogP contribution in [0.5, 0.6) is 0 Å². The van der Waals surface area contributed by atoms with Gasteiger partial charge in [0.05, 0.1) is 0 Å². The van der Waals surface area contributed by atoms with Gasteiger partial charge in [-0.2, -0.15) is 26.0 Å². The van der Waals surface area contributed by atoms with Crippen LogP contribution in [-0.4, -0.2) is 36.1 Å². The molecule has 0 aliphatic carbocycles. The van der Waals surface area contributed by atoms with Gasteiger partial charge in [0.25, 0.3) is 0 Å². The highest BCUT2D eigenvalue weighted by Crippen LogP contribution is 2.39. The van der Waals surface area contributed by atoms with Crippen LogP contribution in [0.3, 0.4) is 0 Å². The minimum atomic E-state index is -6.54. The first-order valence-electron chi connectivity index (χ1n) is 3.85. The third kappa shape index (κ3) is 2.91. The van der Waals surface area contributed by atoms with Crippen LogP contribution >= 0.6 is 0 Å². The lowest BCUT2D eigenvalue weighted by Gasteiger charge is -2.21. The van der Waals surface area contributed by atoms with Crippen molar-refractivity contribution >= 4 is 22.1 Å². The Morgan fingerprint density at radius 2 is 1.65 bits per heavy atom. The molecule has 6 nitrogen and oxygen atoms in total. The van der Waals surface area contributed by atoms with E-state index in [1.807, 2.05) is 0 Å². The Balaban J connectivity index is 5.28. The number of rotatable bonds is 4. The van der Waals surface area contributed by atoms with Gasteiger partial charge in [-0.05, 0) is 0 Å². The van der Waals surface area contributed by atoms with Gasteiger partial charge in [-0.25, -0.2) is 4.79 Å². The summed E-state index contributed by atoms with van der Waals surface area (Å²) in [6.45, 7) is 1.08. The van der Waals surface area contributed by atoms with Crippen LogP contribution in [0.4, 0.5) is 17.6 Å². The zero-order chi connectivity index (χ0) is 14.1. The molecule has 17 heavy (non-hydrogen) atoms. The lowest BCUT2D eigenvalue weighted by Crippen LogP contribution is -2.53. The van der Waals surface area contributed by atoms with Crippen LogP contribution in [0.1, 0.15) is 13.3 Å². The molecule has 1 N–H and O–H groups in total. The minimum absolute atomic E-state index is 0.570. The van der Waals surface area contributed by atoms with Crippen LogP contribution in [-0.2, 0) is 24.4 Å². The quantitative estimate of drug-likeness (QED) is 0.350. The molecule has 0 saturated carbocycles. The molecule has 0 spiro atoms. The maximum atomic E-state index is 12.7. The Morgan fingerprint density at radius 1 is 1.24 bits per heavy atom. The van der Waals surface area contributed by atoms with Crippen molar-refractivity contribution in [2.75, 3.05) is 0 Å².